The standard InChI is InChI=1S/C13H23NO2/c1-11(2)15-9-5-4-8-14-10-13-7-6-12(3)16-13/h6-7,11,14H,4-5,8-10H2,1-3H3. The van der Waals surface area contributed by atoms with E-state index in [0.29, 0.717) is 6.10 Å². The van der Waals surface area contributed by atoms with Gasteiger partial charge in [0.05, 0.1) is 12.6 Å². The first-order valence-corrected chi connectivity index (χ1v) is 6.06. The van der Waals surface area contributed by atoms with Crippen LogP contribution in [0.3, 0.4) is 0 Å². The third kappa shape index (κ3) is 5.93. The summed E-state index contributed by atoms with van der Waals surface area (Å²) in [5.74, 6) is 1.98. The Kier molecular flexibility index (Phi) is 6.19. The van der Waals surface area contributed by atoms with Crippen molar-refractivity contribution in [1.82, 2.24) is 5.32 Å². The highest BCUT2D eigenvalue weighted by Gasteiger charge is 1.97. The Hall–Kier alpha value is -0.800. The monoisotopic (exact) mass is 225 g/mol. The molecule has 0 aliphatic heterocycles. The van der Waals surface area contributed by atoms with Crippen molar-refractivity contribution >= 4 is 0 Å². The lowest BCUT2D eigenvalue weighted by atomic mass is 10.3. The highest BCUT2D eigenvalue weighted by Crippen LogP contribution is 2.05. The third-order valence-corrected chi connectivity index (χ3v) is 2.29. The number of unbranched alkanes of at least 4 members (excludes halogenated alkanes) is 1. The fraction of sp³-hybridized carbons (Fsp3) is 0.692. The van der Waals surface area contributed by atoms with E-state index in [-0.39, 0.29) is 0 Å². The van der Waals surface area contributed by atoms with Crippen molar-refractivity contribution in [2.75, 3.05) is 13.2 Å². The molecule has 0 fully saturated rings. The number of nitrogens with one attached hydrogen (secondary N) is 1. The fourth-order valence-corrected chi connectivity index (χ4v) is 1.46. The molecule has 0 saturated carbocycles. The van der Waals surface area contributed by atoms with Crippen LogP contribution in [0.1, 0.15) is 38.2 Å². The van der Waals surface area contributed by atoms with Crippen LogP contribution in [-0.2, 0) is 11.3 Å². The quantitative estimate of drug-likeness (QED) is 0.691. The van der Waals surface area contributed by atoms with Gasteiger partial charge in [-0.25, -0.2) is 0 Å². The SMILES string of the molecule is Cc1ccc(CNCCCCOC(C)C)o1. The minimum atomic E-state index is 0.346. The predicted octanol–water partition coefficient (Wildman–Crippen LogP) is 2.88. The average Bonchev–Trinajstić information content (AvgIpc) is 2.62. The van der Waals surface area contributed by atoms with Crippen molar-refractivity contribution < 1.29 is 9.15 Å². The molecule has 0 unspecified atom stereocenters. The molecule has 1 N–H and O–H groups in total. The van der Waals surface area contributed by atoms with Gasteiger partial charge in [-0.1, -0.05) is 0 Å². The van der Waals surface area contributed by atoms with Crippen LogP contribution in [0.4, 0.5) is 0 Å². The zero-order valence-corrected chi connectivity index (χ0v) is 10.6. The Morgan fingerprint density at radius 1 is 1.31 bits per heavy atom. The molecule has 16 heavy (non-hydrogen) atoms. The normalized spacial score (nSPS) is 11.2. The van der Waals surface area contributed by atoms with Crippen molar-refractivity contribution in [2.45, 2.75) is 46.3 Å². The summed E-state index contributed by atoms with van der Waals surface area (Å²) in [6.07, 6.45) is 2.61. The van der Waals surface area contributed by atoms with E-state index in [4.69, 9.17) is 9.15 Å². The number of hydrogen-bond donors (Lipinski definition) is 1. The van der Waals surface area contributed by atoms with Gasteiger partial charge in [0.2, 0.25) is 0 Å². The second kappa shape index (κ2) is 7.47. The zero-order chi connectivity index (χ0) is 11.8. The minimum Gasteiger partial charge on any atom is -0.465 e. The van der Waals surface area contributed by atoms with E-state index in [1.165, 1.54) is 0 Å². The van der Waals surface area contributed by atoms with Gasteiger partial charge in [-0.2, -0.15) is 0 Å². The van der Waals surface area contributed by atoms with Crippen molar-refractivity contribution in [1.29, 1.82) is 0 Å². The summed E-state index contributed by atoms with van der Waals surface area (Å²) >= 11 is 0. The van der Waals surface area contributed by atoms with Crippen LogP contribution >= 0.6 is 0 Å². The molecule has 92 valence electrons. The minimum absolute atomic E-state index is 0.346. The lowest BCUT2D eigenvalue weighted by Crippen LogP contribution is -2.15. The van der Waals surface area contributed by atoms with E-state index in [0.717, 1.165) is 44.1 Å². The Morgan fingerprint density at radius 3 is 2.75 bits per heavy atom. The van der Waals surface area contributed by atoms with E-state index in [2.05, 4.69) is 19.2 Å². The molecule has 0 saturated heterocycles. The molecule has 1 heterocycles. The summed E-state index contributed by atoms with van der Waals surface area (Å²) in [6, 6.07) is 4.01. The van der Waals surface area contributed by atoms with Crippen LogP contribution < -0.4 is 5.32 Å². The number of rotatable bonds is 8. The highest BCUT2D eigenvalue weighted by molar-refractivity contribution is 5.04. The molecule has 3 nitrogen and oxygen atoms in total. The van der Waals surface area contributed by atoms with Crippen LogP contribution in [-0.4, -0.2) is 19.3 Å². The largest absolute Gasteiger partial charge is 0.465 e. The number of furan rings is 1. The van der Waals surface area contributed by atoms with E-state index in [1.54, 1.807) is 0 Å². The summed E-state index contributed by atoms with van der Waals surface area (Å²) < 4.78 is 10.9. The predicted molar refractivity (Wildman–Crippen MR) is 65.5 cm³/mol. The Bertz CT molecular complexity index is 281. The fourth-order valence-electron chi connectivity index (χ4n) is 1.46. The van der Waals surface area contributed by atoms with Gasteiger partial charge in [-0.3, -0.25) is 0 Å². The Balaban J connectivity index is 1.92. The van der Waals surface area contributed by atoms with Gasteiger partial charge in [0, 0.05) is 6.61 Å². The number of ether oxygens (including phenoxy) is 1. The molecular weight excluding hydrogens is 202 g/mol. The molecule has 3 heteroatoms. The van der Waals surface area contributed by atoms with Gasteiger partial charge in [-0.05, 0) is 52.3 Å². The summed E-state index contributed by atoms with van der Waals surface area (Å²) in [5.41, 5.74) is 0. The maximum Gasteiger partial charge on any atom is 0.117 e. The molecule has 0 aliphatic rings. The molecule has 0 amide bonds. The van der Waals surface area contributed by atoms with E-state index < -0.39 is 0 Å². The first kappa shape index (κ1) is 13.3. The van der Waals surface area contributed by atoms with Gasteiger partial charge in [0.1, 0.15) is 11.5 Å². The molecule has 0 radical (unpaired) electrons. The lowest BCUT2D eigenvalue weighted by Gasteiger charge is -2.07. The molecular formula is C13H23NO2. The Morgan fingerprint density at radius 2 is 2.12 bits per heavy atom. The van der Waals surface area contributed by atoms with Crippen LogP contribution in [0.25, 0.3) is 0 Å². The van der Waals surface area contributed by atoms with Crippen LogP contribution in [0.15, 0.2) is 16.5 Å². The molecule has 0 spiro atoms. The lowest BCUT2D eigenvalue weighted by molar-refractivity contribution is 0.0760. The van der Waals surface area contributed by atoms with Gasteiger partial charge in [0.15, 0.2) is 0 Å². The van der Waals surface area contributed by atoms with E-state index in [9.17, 15) is 0 Å². The molecule has 1 aromatic heterocycles. The maximum absolute atomic E-state index is 5.46. The Labute approximate surface area is 98.2 Å². The van der Waals surface area contributed by atoms with Crippen LogP contribution in [0.2, 0.25) is 0 Å². The van der Waals surface area contributed by atoms with Crippen molar-refractivity contribution in [3.05, 3.63) is 23.7 Å². The second-order valence-corrected chi connectivity index (χ2v) is 4.32. The molecule has 0 atom stereocenters. The first-order valence-electron chi connectivity index (χ1n) is 6.06. The third-order valence-electron chi connectivity index (χ3n) is 2.29. The maximum atomic E-state index is 5.46. The van der Waals surface area contributed by atoms with E-state index >= 15 is 0 Å². The molecule has 1 rings (SSSR count). The average molecular weight is 225 g/mol. The smallest absolute Gasteiger partial charge is 0.117 e. The van der Waals surface area contributed by atoms with Crippen molar-refractivity contribution in [3.8, 4) is 0 Å². The highest BCUT2D eigenvalue weighted by atomic mass is 16.5. The summed E-state index contributed by atoms with van der Waals surface area (Å²) in [5, 5.41) is 3.35. The number of hydrogen-bond acceptors (Lipinski definition) is 3. The second-order valence-electron chi connectivity index (χ2n) is 4.32. The molecule has 1 aromatic rings. The van der Waals surface area contributed by atoms with Gasteiger partial charge in [-0.15, -0.1) is 0 Å². The molecule has 0 bridgehead atoms. The summed E-state index contributed by atoms with van der Waals surface area (Å²) in [7, 11) is 0. The molecule has 0 aromatic carbocycles. The zero-order valence-electron chi connectivity index (χ0n) is 10.6. The van der Waals surface area contributed by atoms with Crippen molar-refractivity contribution in [3.63, 3.8) is 0 Å². The first-order chi connectivity index (χ1) is 7.68. The van der Waals surface area contributed by atoms with Crippen molar-refractivity contribution in [2.24, 2.45) is 0 Å². The summed E-state index contributed by atoms with van der Waals surface area (Å²) in [6.45, 7) is 8.79. The number of aryl methyl sites for hydroxylation is 1. The van der Waals surface area contributed by atoms with E-state index in [1.807, 2.05) is 19.1 Å². The van der Waals surface area contributed by atoms with Crippen LogP contribution in [0, 0.1) is 6.92 Å². The topological polar surface area (TPSA) is 34.4 Å². The van der Waals surface area contributed by atoms with Gasteiger partial charge >= 0.3 is 0 Å². The van der Waals surface area contributed by atoms with Crippen LogP contribution in [0.5, 0.6) is 0 Å². The van der Waals surface area contributed by atoms with Gasteiger partial charge < -0.3 is 14.5 Å². The summed E-state index contributed by atoms with van der Waals surface area (Å²) in [4.78, 5) is 0. The van der Waals surface area contributed by atoms with Gasteiger partial charge in [0.25, 0.3) is 0 Å². The molecule has 0 aliphatic carbocycles.